The predicted molar refractivity (Wildman–Crippen MR) is 72.2 cm³/mol. The molecule has 0 amide bonds. The standard InChI is InChI=1S/C13H12ClN3O2/c14-10-3-1-4-11(7-10)17(9-13(18)19)8-12-15-5-2-6-16-12/h1-7H,8-9H2,(H,18,19). The van der Waals surface area contributed by atoms with Crippen LogP contribution in [0.4, 0.5) is 5.69 Å². The molecule has 5 nitrogen and oxygen atoms in total. The summed E-state index contributed by atoms with van der Waals surface area (Å²) in [7, 11) is 0. The second-order valence-corrected chi connectivity index (χ2v) is 4.33. The number of aliphatic carboxylic acids is 1. The third-order valence-corrected chi connectivity index (χ3v) is 2.69. The van der Waals surface area contributed by atoms with Crippen molar-refractivity contribution in [3.05, 3.63) is 53.6 Å². The highest BCUT2D eigenvalue weighted by molar-refractivity contribution is 6.30. The summed E-state index contributed by atoms with van der Waals surface area (Å²) in [4.78, 5) is 20.8. The van der Waals surface area contributed by atoms with E-state index in [0.29, 0.717) is 17.4 Å². The summed E-state index contributed by atoms with van der Waals surface area (Å²) >= 11 is 5.92. The van der Waals surface area contributed by atoms with E-state index in [1.165, 1.54) is 0 Å². The van der Waals surface area contributed by atoms with Gasteiger partial charge < -0.3 is 10.0 Å². The van der Waals surface area contributed by atoms with Crippen LogP contribution in [0.5, 0.6) is 0 Å². The summed E-state index contributed by atoms with van der Waals surface area (Å²) in [6.45, 7) is 0.173. The van der Waals surface area contributed by atoms with Gasteiger partial charge in [0, 0.05) is 23.1 Å². The molecule has 0 spiro atoms. The molecule has 1 aromatic heterocycles. The van der Waals surface area contributed by atoms with Crippen LogP contribution < -0.4 is 4.90 Å². The molecule has 98 valence electrons. The van der Waals surface area contributed by atoms with Crippen LogP contribution in [0.25, 0.3) is 0 Å². The molecule has 0 aliphatic heterocycles. The van der Waals surface area contributed by atoms with Gasteiger partial charge in [-0.2, -0.15) is 0 Å². The van der Waals surface area contributed by atoms with E-state index in [-0.39, 0.29) is 6.54 Å². The molecule has 0 aliphatic rings. The number of nitrogens with zero attached hydrogens (tertiary/aromatic N) is 3. The Bertz CT molecular complexity index is 563. The second kappa shape index (κ2) is 6.15. The fourth-order valence-corrected chi connectivity index (χ4v) is 1.84. The monoisotopic (exact) mass is 277 g/mol. The number of aromatic nitrogens is 2. The number of benzene rings is 1. The quantitative estimate of drug-likeness (QED) is 0.908. The Morgan fingerprint density at radius 2 is 2.00 bits per heavy atom. The maximum atomic E-state index is 10.9. The Labute approximate surface area is 115 Å². The molecule has 6 heteroatoms. The summed E-state index contributed by atoms with van der Waals surface area (Å²) in [5.74, 6) is -0.361. The lowest BCUT2D eigenvalue weighted by Crippen LogP contribution is -2.29. The third kappa shape index (κ3) is 3.93. The first-order valence-electron chi connectivity index (χ1n) is 5.63. The van der Waals surface area contributed by atoms with Crippen molar-refractivity contribution >= 4 is 23.3 Å². The van der Waals surface area contributed by atoms with Gasteiger partial charge in [0.15, 0.2) is 0 Å². The van der Waals surface area contributed by atoms with Crippen molar-refractivity contribution in [1.82, 2.24) is 9.97 Å². The van der Waals surface area contributed by atoms with Gasteiger partial charge in [0.1, 0.15) is 12.4 Å². The average molecular weight is 278 g/mol. The van der Waals surface area contributed by atoms with E-state index in [1.54, 1.807) is 47.6 Å². The maximum Gasteiger partial charge on any atom is 0.323 e. The molecular formula is C13H12ClN3O2. The van der Waals surface area contributed by atoms with Gasteiger partial charge in [-0.1, -0.05) is 17.7 Å². The minimum atomic E-state index is -0.920. The SMILES string of the molecule is O=C(O)CN(Cc1ncccn1)c1cccc(Cl)c1. The Kier molecular flexibility index (Phi) is 4.30. The van der Waals surface area contributed by atoms with E-state index in [1.807, 2.05) is 0 Å². The molecule has 0 unspecified atom stereocenters. The highest BCUT2D eigenvalue weighted by Crippen LogP contribution is 2.20. The molecule has 0 atom stereocenters. The second-order valence-electron chi connectivity index (χ2n) is 3.89. The highest BCUT2D eigenvalue weighted by Gasteiger charge is 2.12. The van der Waals surface area contributed by atoms with Crippen LogP contribution in [0.2, 0.25) is 5.02 Å². The van der Waals surface area contributed by atoms with Gasteiger partial charge in [0.2, 0.25) is 0 Å². The summed E-state index contributed by atoms with van der Waals surface area (Å²) in [5.41, 5.74) is 0.724. The molecule has 1 aromatic carbocycles. The molecule has 1 N–H and O–H groups in total. The van der Waals surface area contributed by atoms with E-state index < -0.39 is 5.97 Å². The van der Waals surface area contributed by atoms with Crippen LogP contribution in [0, 0.1) is 0 Å². The predicted octanol–water partition coefficient (Wildman–Crippen LogP) is 2.22. The van der Waals surface area contributed by atoms with Crippen molar-refractivity contribution in [2.75, 3.05) is 11.4 Å². The summed E-state index contributed by atoms with van der Waals surface area (Å²) < 4.78 is 0. The minimum absolute atomic E-state index is 0.140. The summed E-state index contributed by atoms with van der Waals surface area (Å²) in [6.07, 6.45) is 3.25. The number of carbonyl (C=O) groups is 1. The van der Waals surface area contributed by atoms with Crippen molar-refractivity contribution < 1.29 is 9.90 Å². The summed E-state index contributed by atoms with van der Waals surface area (Å²) in [5, 5.41) is 9.53. The van der Waals surface area contributed by atoms with Crippen molar-refractivity contribution in [2.45, 2.75) is 6.54 Å². The maximum absolute atomic E-state index is 10.9. The van der Waals surface area contributed by atoms with E-state index >= 15 is 0 Å². The molecule has 2 rings (SSSR count). The lowest BCUT2D eigenvalue weighted by molar-refractivity contribution is -0.135. The number of hydrogen-bond donors (Lipinski definition) is 1. The molecule has 0 bridgehead atoms. The van der Waals surface area contributed by atoms with Crippen LogP contribution in [0.1, 0.15) is 5.82 Å². The lowest BCUT2D eigenvalue weighted by Gasteiger charge is -2.22. The van der Waals surface area contributed by atoms with E-state index in [4.69, 9.17) is 16.7 Å². The Hall–Kier alpha value is -2.14. The molecule has 0 fully saturated rings. The zero-order valence-electron chi connectivity index (χ0n) is 10.0. The fourth-order valence-electron chi connectivity index (χ4n) is 1.66. The first-order valence-corrected chi connectivity index (χ1v) is 6.01. The zero-order valence-corrected chi connectivity index (χ0v) is 10.8. The van der Waals surface area contributed by atoms with Gasteiger partial charge in [-0.25, -0.2) is 9.97 Å². The Morgan fingerprint density at radius 1 is 1.26 bits per heavy atom. The number of rotatable bonds is 5. The van der Waals surface area contributed by atoms with Gasteiger partial charge in [-0.15, -0.1) is 0 Å². The minimum Gasteiger partial charge on any atom is -0.480 e. The normalized spacial score (nSPS) is 10.2. The molecule has 19 heavy (non-hydrogen) atoms. The lowest BCUT2D eigenvalue weighted by atomic mass is 10.2. The topological polar surface area (TPSA) is 66.3 Å². The fraction of sp³-hybridized carbons (Fsp3) is 0.154. The van der Waals surface area contributed by atoms with E-state index in [0.717, 1.165) is 5.69 Å². The number of carboxylic acid groups (broad SMARTS) is 1. The van der Waals surface area contributed by atoms with Crippen LogP contribution in [-0.2, 0) is 11.3 Å². The van der Waals surface area contributed by atoms with Crippen LogP contribution >= 0.6 is 11.6 Å². The zero-order chi connectivity index (χ0) is 13.7. The largest absolute Gasteiger partial charge is 0.480 e. The van der Waals surface area contributed by atoms with Crippen molar-refractivity contribution in [2.24, 2.45) is 0 Å². The Balaban J connectivity index is 2.23. The van der Waals surface area contributed by atoms with Crippen molar-refractivity contribution in [1.29, 1.82) is 0 Å². The van der Waals surface area contributed by atoms with Crippen LogP contribution in [0.3, 0.4) is 0 Å². The number of hydrogen-bond acceptors (Lipinski definition) is 4. The molecule has 0 saturated carbocycles. The molecular weight excluding hydrogens is 266 g/mol. The number of anilines is 1. The average Bonchev–Trinajstić information content (AvgIpc) is 2.39. The highest BCUT2D eigenvalue weighted by atomic mass is 35.5. The molecule has 2 aromatic rings. The van der Waals surface area contributed by atoms with Gasteiger partial charge in [0.05, 0.1) is 6.54 Å². The van der Waals surface area contributed by atoms with Gasteiger partial charge in [-0.3, -0.25) is 4.79 Å². The van der Waals surface area contributed by atoms with E-state index in [2.05, 4.69) is 9.97 Å². The number of halogens is 1. The number of carboxylic acids is 1. The van der Waals surface area contributed by atoms with E-state index in [9.17, 15) is 4.79 Å². The van der Waals surface area contributed by atoms with Gasteiger partial charge in [0.25, 0.3) is 0 Å². The van der Waals surface area contributed by atoms with Gasteiger partial charge >= 0.3 is 5.97 Å². The smallest absolute Gasteiger partial charge is 0.323 e. The Morgan fingerprint density at radius 3 is 2.63 bits per heavy atom. The molecule has 0 radical (unpaired) electrons. The van der Waals surface area contributed by atoms with Crippen LogP contribution in [0.15, 0.2) is 42.7 Å². The first kappa shape index (κ1) is 13.3. The first-order chi connectivity index (χ1) is 9.15. The van der Waals surface area contributed by atoms with Gasteiger partial charge in [-0.05, 0) is 24.3 Å². The summed E-state index contributed by atoms with van der Waals surface area (Å²) in [6, 6.07) is 8.75. The van der Waals surface area contributed by atoms with Crippen molar-refractivity contribution in [3.8, 4) is 0 Å². The van der Waals surface area contributed by atoms with Crippen LogP contribution in [-0.4, -0.2) is 27.6 Å². The molecule has 0 aliphatic carbocycles. The third-order valence-electron chi connectivity index (χ3n) is 2.45. The van der Waals surface area contributed by atoms with Crippen molar-refractivity contribution in [3.63, 3.8) is 0 Å². The molecule has 0 saturated heterocycles. The molecule has 1 heterocycles.